The van der Waals surface area contributed by atoms with Crippen molar-refractivity contribution in [2.24, 2.45) is 0 Å². The molecule has 5 heterocycles. The summed E-state index contributed by atoms with van der Waals surface area (Å²) < 4.78 is 6.16. The third-order valence-corrected chi connectivity index (χ3v) is 6.82. The number of aromatic amines is 2. The molecule has 2 aromatic carbocycles. The minimum atomic E-state index is 0.316. The Kier molecular flexibility index (Phi) is 4.34. The Morgan fingerprint density at radius 2 is 1.36 bits per heavy atom. The third-order valence-electron chi connectivity index (χ3n) is 6.82. The summed E-state index contributed by atoms with van der Waals surface area (Å²) in [5.74, 6) is 3.36. The standard InChI is InChI=1S/C25H25N7O/c1-3-18(26-9-1)23-29-16-7-5-14(11-20(16)31-23)22-13-28-25(33-22)15-6-8-17-21(12-15)32-24(30-17)19-4-2-10-27-19/h5-8,11-13,18-19,26-27H,1-4,9-10H2,(H,29,31)(H,30,32)/t18-,19-/m0/s1. The molecule has 2 fully saturated rings. The number of fused-ring (bicyclic) bond motifs is 2. The summed E-state index contributed by atoms with van der Waals surface area (Å²) in [5, 5.41) is 7.00. The van der Waals surface area contributed by atoms with Crippen LogP contribution in [0.2, 0.25) is 0 Å². The number of aromatic nitrogens is 5. The van der Waals surface area contributed by atoms with E-state index in [9.17, 15) is 0 Å². The second-order valence-electron chi connectivity index (χ2n) is 9.04. The highest BCUT2D eigenvalue weighted by molar-refractivity contribution is 5.82. The van der Waals surface area contributed by atoms with E-state index in [1.165, 1.54) is 12.8 Å². The molecule has 3 aromatic heterocycles. The van der Waals surface area contributed by atoms with Crippen molar-refractivity contribution in [1.82, 2.24) is 35.6 Å². The van der Waals surface area contributed by atoms with Gasteiger partial charge in [0.1, 0.15) is 11.6 Å². The van der Waals surface area contributed by atoms with Gasteiger partial charge in [0.05, 0.1) is 40.3 Å². The Morgan fingerprint density at radius 3 is 1.97 bits per heavy atom. The topological polar surface area (TPSA) is 107 Å². The molecule has 0 bridgehead atoms. The Labute approximate surface area is 190 Å². The molecule has 0 saturated carbocycles. The van der Waals surface area contributed by atoms with Crippen LogP contribution in [0.3, 0.4) is 0 Å². The Hall–Kier alpha value is -3.49. The maximum Gasteiger partial charge on any atom is 0.226 e. The highest BCUT2D eigenvalue weighted by Crippen LogP contribution is 2.31. The molecule has 2 aliphatic rings. The fourth-order valence-electron chi connectivity index (χ4n) is 5.05. The van der Waals surface area contributed by atoms with Gasteiger partial charge in [-0.05, 0) is 75.2 Å². The lowest BCUT2D eigenvalue weighted by Gasteiger charge is -2.04. The highest BCUT2D eigenvalue weighted by atomic mass is 16.4. The van der Waals surface area contributed by atoms with E-state index in [-0.39, 0.29) is 0 Å². The zero-order chi connectivity index (χ0) is 21.8. The maximum absolute atomic E-state index is 6.16. The van der Waals surface area contributed by atoms with Crippen molar-refractivity contribution in [2.45, 2.75) is 37.8 Å². The minimum absolute atomic E-state index is 0.316. The van der Waals surface area contributed by atoms with Gasteiger partial charge in [-0.3, -0.25) is 0 Å². The summed E-state index contributed by atoms with van der Waals surface area (Å²) >= 11 is 0. The van der Waals surface area contributed by atoms with Crippen LogP contribution in [-0.2, 0) is 0 Å². The lowest BCUT2D eigenvalue weighted by Crippen LogP contribution is -2.13. The van der Waals surface area contributed by atoms with Crippen molar-refractivity contribution in [1.29, 1.82) is 0 Å². The average molecular weight is 440 g/mol. The van der Waals surface area contributed by atoms with Crippen LogP contribution in [-0.4, -0.2) is 38.0 Å². The van der Waals surface area contributed by atoms with E-state index >= 15 is 0 Å². The fraction of sp³-hybridized carbons (Fsp3) is 0.320. The second kappa shape index (κ2) is 7.54. The van der Waals surface area contributed by atoms with Gasteiger partial charge in [-0.1, -0.05) is 0 Å². The molecular weight excluding hydrogens is 414 g/mol. The number of nitrogens with zero attached hydrogens (tertiary/aromatic N) is 3. The summed E-state index contributed by atoms with van der Waals surface area (Å²) in [4.78, 5) is 21.0. The van der Waals surface area contributed by atoms with Crippen LogP contribution >= 0.6 is 0 Å². The molecule has 4 N–H and O–H groups in total. The van der Waals surface area contributed by atoms with Gasteiger partial charge in [0.15, 0.2) is 5.76 Å². The van der Waals surface area contributed by atoms with E-state index in [2.05, 4.69) is 37.7 Å². The van der Waals surface area contributed by atoms with E-state index in [4.69, 9.17) is 14.4 Å². The first-order chi connectivity index (χ1) is 16.3. The number of imidazole rings is 2. The normalized spacial score (nSPS) is 21.0. The molecule has 2 saturated heterocycles. The lowest BCUT2D eigenvalue weighted by atomic mass is 10.1. The summed E-state index contributed by atoms with van der Waals surface area (Å²) in [5.41, 5.74) is 5.86. The SMILES string of the molecule is c1cc2nc([C@@H]3CCCN3)[nH]c2cc1-c1cnc(-c2ccc3nc([C@@H]4CCCN4)[nH]c3c2)o1. The molecule has 8 heteroatoms. The summed E-state index contributed by atoms with van der Waals surface area (Å²) in [6.07, 6.45) is 6.41. The summed E-state index contributed by atoms with van der Waals surface area (Å²) in [7, 11) is 0. The second-order valence-corrected chi connectivity index (χ2v) is 9.04. The third kappa shape index (κ3) is 3.34. The molecule has 166 valence electrons. The number of benzene rings is 2. The molecule has 0 radical (unpaired) electrons. The molecule has 2 aliphatic heterocycles. The first-order valence-corrected chi connectivity index (χ1v) is 11.7. The molecule has 7 rings (SSSR count). The molecule has 0 aliphatic carbocycles. The number of rotatable bonds is 4. The zero-order valence-electron chi connectivity index (χ0n) is 18.2. The van der Waals surface area contributed by atoms with Gasteiger partial charge in [-0.2, -0.15) is 0 Å². The number of oxazole rings is 1. The van der Waals surface area contributed by atoms with Crippen molar-refractivity contribution in [2.75, 3.05) is 13.1 Å². The van der Waals surface area contributed by atoms with Gasteiger partial charge in [0.2, 0.25) is 5.89 Å². The smallest absolute Gasteiger partial charge is 0.226 e. The van der Waals surface area contributed by atoms with Gasteiger partial charge >= 0.3 is 0 Å². The summed E-state index contributed by atoms with van der Waals surface area (Å²) in [6, 6.07) is 12.9. The molecule has 0 unspecified atom stereocenters. The van der Waals surface area contributed by atoms with Crippen molar-refractivity contribution in [3.8, 4) is 22.8 Å². The Morgan fingerprint density at radius 1 is 0.758 bits per heavy atom. The quantitative estimate of drug-likeness (QED) is 0.326. The Bertz CT molecular complexity index is 1340. The van der Waals surface area contributed by atoms with Gasteiger partial charge < -0.3 is 25.0 Å². The molecule has 8 nitrogen and oxygen atoms in total. The molecule has 2 atom stereocenters. The van der Waals surface area contributed by atoms with Crippen molar-refractivity contribution >= 4 is 22.1 Å². The van der Waals surface area contributed by atoms with Crippen LogP contribution in [0, 0.1) is 0 Å². The van der Waals surface area contributed by atoms with Crippen LogP contribution in [0.15, 0.2) is 47.0 Å². The number of hydrogen-bond acceptors (Lipinski definition) is 6. The van der Waals surface area contributed by atoms with Crippen LogP contribution in [0.4, 0.5) is 0 Å². The van der Waals surface area contributed by atoms with E-state index in [0.717, 1.165) is 76.5 Å². The van der Waals surface area contributed by atoms with Crippen LogP contribution in [0.5, 0.6) is 0 Å². The van der Waals surface area contributed by atoms with Crippen molar-refractivity contribution in [3.05, 3.63) is 54.2 Å². The largest absolute Gasteiger partial charge is 0.436 e. The van der Waals surface area contributed by atoms with Crippen molar-refractivity contribution < 1.29 is 4.42 Å². The van der Waals surface area contributed by atoms with Gasteiger partial charge in [0, 0.05) is 11.1 Å². The molecule has 33 heavy (non-hydrogen) atoms. The molecule has 0 amide bonds. The van der Waals surface area contributed by atoms with E-state index in [1.807, 2.05) is 24.3 Å². The lowest BCUT2D eigenvalue weighted by molar-refractivity contribution is 0.589. The van der Waals surface area contributed by atoms with Gasteiger partial charge in [-0.25, -0.2) is 15.0 Å². The predicted molar refractivity (Wildman–Crippen MR) is 127 cm³/mol. The molecular formula is C25H25N7O. The van der Waals surface area contributed by atoms with Gasteiger partial charge in [-0.15, -0.1) is 0 Å². The van der Waals surface area contributed by atoms with E-state index < -0.39 is 0 Å². The zero-order valence-corrected chi connectivity index (χ0v) is 18.2. The fourth-order valence-corrected chi connectivity index (χ4v) is 5.05. The van der Waals surface area contributed by atoms with Crippen LogP contribution in [0.1, 0.15) is 49.4 Å². The minimum Gasteiger partial charge on any atom is -0.436 e. The predicted octanol–water partition coefficient (Wildman–Crippen LogP) is 4.61. The van der Waals surface area contributed by atoms with Crippen LogP contribution in [0.25, 0.3) is 44.8 Å². The van der Waals surface area contributed by atoms with E-state index in [1.54, 1.807) is 6.20 Å². The first kappa shape index (κ1) is 19.0. The number of hydrogen-bond donors (Lipinski definition) is 4. The summed E-state index contributed by atoms with van der Waals surface area (Å²) in [6.45, 7) is 2.10. The van der Waals surface area contributed by atoms with Crippen LogP contribution < -0.4 is 10.6 Å². The highest BCUT2D eigenvalue weighted by Gasteiger charge is 2.21. The number of H-pyrrole nitrogens is 2. The monoisotopic (exact) mass is 439 g/mol. The Balaban J connectivity index is 1.18. The first-order valence-electron chi connectivity index (χ1n) is 11.7. The maximum atomic E-state index is 6.16. The average Bonchev–Trinajstić information content (AvgIpc) is 3.68. The van der Waals surface area contributed by atoms with E-state index in [0.29, 0.717) is 18.0 Å². The van der Waals surface area contributed by atoms with Crippen molar-refractivity contribution in [3.63, 3.8) is 0 Å². The number of nitrogens with one attached hydrogen (secondary N) is 4. The van der Waals surface area contributed by atoms with Gasteiger partial charge in [0.25, 0.3) is 0 Å². The molecule has 5 aromatic rings. The molecule has 0 spiro atoms.